The fraction of sp³-hybridized carbons (Fsp3) is 0.818. The zero-order valence-electron chi connectivity index (χ0n) is 10.6. The lowest BCUT2D eigenvalue weighted by Gasteiger charge is -2.29. The van der Waals surface area contributed by atoms with Gasteiger partial charge in [-0.1, -0.05) is 0 Å². The number of carboxylic acids is 1. The molecule has 2 amide bonds. The normalized spacial score (nSPS) is 27.1. The zero-order valence-corrected chi connectivity index (χ0v) is 11.4. The predicted octanol–water partition coefficient (Wildman–Crippen LogP) is -0.224. The van der Waals surface area contributed by atoms with Gasteiger partial charge in [0.05, 0.1) is 11.5 Å². The molecule has 2 fully saturated rings. The van der Waals surface area contributed by atoms with Crippen molar-refractivity contribution in [1.29, 1.82) is 0 Å². The molecular weight excluding hydrogens is 272 g/mol. The van der Waals surface area contributed by atoms with Crippen LogP contribution in [0.3, 0.4) is 0 Å². The number of amides is 2. The van der Waals surface area contributed by atoms with Crippen molar-refractivity contribution in [2.24, 2.45) is 0 Å². The molecule has 2 aliphatic rings. The first-order valence-electron chi connectivity index (χ1n) is 6.39. The Labute approximate surface area is 112 Å². The number of carbonyl (C=O) groups excluding carboxylic acids is 1. The lowest BCUT2D eigenvalue weighted by Crippen LogP contribution is -2.48. The highest BCUT2D eigenvalue weighted by Crippen LogP contribution is 2.20. The maximum absolute atomic E-state index is 12.3. The third kappa shape index (κ3) is 3.17. The summed E-state index contributed by atoms with van der Waals surface area (Å²) in [6.45, 7) is 0.962. The molecule has 2 heterocycles. The van der Waals surface area contributed by atoms with Gasteiger partial charge in [-0.25, -0.2) is 18.0 Å². The number of carbonyl (C=O) groups is 2. The van der Waals surface area contributed by atoms with E-state index in [1.165, 1.54) is 9.80 Å². The molecule has 108 valence electrons. The number of carboxylic acid groups (broad SMARTS) is 1. The van der Waals surface area contributed by atoms with Crippen molar-refractivity contribution in [1.82, 2.24) is 9.80 Å². The van der Waals surface area contributed by atoms with Crippen molar-refractivity contribution < 1.29 is 23.1 Å². The summed E-state index contributed by atoms with van der Waals surface area (Å²) in [5, 5.41) is 9.06. The highest BCUT2D eigenvalue weighted by atomic mass is 32.2. The van der Waals surface area contributed by atoms with Crippen LogP contribution in [0.5, 0.6) is 0 Å². The SMILES string of the molecule is O=C(O)[C@@H]1CCCN1C(=O)N1CCCS(=O)(=O)CC1. The van der Waals surface area contributed by atoms with Gasteiger partial charge in [-0.05, 0) is 19.3 Å². The molecule has 0 spiro atoms. The molecular formula is C11H18N2O5S. The Balaban J connectivity index is 2.05. The summed E-state index contributed by atoms with van der Waals surface area (Å²) in [6, 6.07) is -1.12. The van der Waals surface area contributed by atoms with Crippen LogP contribution in [0.4, 0.5) is 4.79 Å². The molecule has 19 heavy (non-hydrogen) atoms. The van der Waals surface area contributed by atoms with Crippen molar-refractivity contribution in [3.63, 3.8) is 0 Å². The van der Waals surface area contributed by atoms with Gasteiger partial charge in [0, 0.05) is 19.6 Å². The Kier molecular flexibility index (Phi) is 3.98. The molecule has 0 unspecified atom stereocenters. The van der Waals surface area contributed by atoms with Crippen molar-refractivity contribution in [3.05, 3.63) is 0 Å². The first-order valence-corrected chi connectivity index (χ1v) is 8.21. The monoisotopic (exact) mass is 290 g/mol. The van der Waals surface area contributed by atoms with Crippen LogP contribution >= 0.6 is 0 Å². The molecule has 1 N–H and O–H groups in total. The predicted molar refractivity (Wildman–Crippen MR) is 67.6 cm³/mol. The summed E-state index contributed by atoms with van der Waals surface area (Å²) in [4.78, 5) is 26.1. The van der Waals surface area contributed by atoms with E-state index in [9.17, 15) is 18.0 Å². The summed E-state index contributed by atoms with van der Waals surface area (Å²) in [6.07, 6.45) is 1.56. The molecule has 0 bridgehead atoms. The van der Waals surface area contributed by atoms with Crippen LogP contribution in [0.2, 0.25) is 0 Å². The van der Waals surface area contributed by atoms with Gasteiger partial charge in [0.2, 0.25) is 0 Å². The Hall–Kier alpha value is -1.31. The van der Waals surface area contributed by atoms with Gasteiger partial charge in [-0.3, -0.25) is 0 Å². The topological polar surface area (TPSA) is 95.0 Å². The van der Waals surface area contributed by atoms with Crippen LogP contribution in [0, 0.1) is 0 Å². The van der Waals surface area contributed by atoms with E-state index < -0.39 is 21.8 Å². The highest BCUT2D eigenvalue weighted by Gasteiger charge is 2.36. The number of nitrogens with zero attached hydrogens (tertiary/aromatic N) is 2. The molecule has 2 aliphatic heterocycles. The third-order valence-electron chi connectivity index (χ3n) is 3.61. The molecule has 0 aromatic rings. The smallest absolute Gasteiger partial charge is 0.326 e. The Morgan fingerprint density at radius 3 is 2.47 bits per heavy atom. The average molecular weight is 290 g/mol. The first-order chi connectivity index (χ1) is 8.91. The van der Waals surface area contributed by atoms with Crippen molar-refractivity contribution in [2.75, 3.05) is 31.1 Å². The number of likely N-dealkylation sites (tertiary alicyclic amines) is 1. The summed E-state index contributed by atoms with van der Waals surface area (Å²) in [7, 11) is -3.07. The lowest BCUT2D eigenvalue weighted by molar-refractivity contribution is -0.141. The van der Waals surface area contributed by atoms with E-state index >= 15 is 0 Å². The largest absolute Gasteiger partial charge is 0.480 e. The van der Waals surface area contributed by atoms with Crippen LogP contribution in [-0.2, 0) is 14.6 Å². The number of sulfone groups is 1. The van der Waals surface area contributed by atoms with E-state index in [2.05, 4.69) is 0 Å². The first kappa shape index (κ1) is 14.1. The number of rotatable bonds is 1. The summed E-state index contributed by atoms with van der Waals surface area (Å²) < 4.78 is 23.0. The van der Waals surface area contributed by atoms with Crippen LogP contribution in [-0.4, -0.2) is 72.5 Å². The van der Waals surface area contributed by atoms with Gasteiger partial charge in [0.25, 0.3) is 0 Å². The summed E-state index contributed by atoms with van der Waals surface area (Å²) >= 11 is 0. The molecule has 8 heteroatoms. The second-order valence-corrected chi connectivity index (χ2v) is 7.27. The summed E-state index contributed by atoms with van der Waals surface area (Å²) in [5.74, 6) is -0.933. The number of aliphatic carboxylic acids is 1. The minimum Gasteiger partial charge on any atom is -0.480 e. The van der Waals surface area contributed by atoms with Crippen LogP contribution in [0.1, 0.15) is 19.3 Å². The molecule has 2 saturated heterocycles. The minimum absolute atomic E-state index is 0.0374. The van der Waals surface area contributed by atoms with Crippen LogP contribution in [0.25, 0.3) is 0 Å². The molecule has 1 atom stereocenters. The Morgan fingerprint density at radius 1 is 1.05 bits per heavy atom. The maximum atomic E-state index is 12.3. The van der Waals surface area contributed by atoms with Gasteiger partial charge < -0.3 is 14.9 Å². The van der Waals surface area contributed by atoms with E-state index in [0.29, 0.717) is 32.4 Å². The van der Waals surface area contributed by atoms with Gasteiger partial charge in [-0.15, -0.1) is 0 Å². The van der Waals surface area contributed by atoms with Gasteiger partial charge in [0.15, 0.2) is 9.84 Å². The maximum Gasteiger partial charge on any atom is 0.326 e. The number of urea groups is 1. The van der Waals surface area contributed by atoms with Crippen molar-refractivity contribution in [3.8, 4) is 0 Å². The Morgan fingerprint density at radius 2 is 1.79 bits per heavy atom. The number of hydrogen-bond acceptors (Lipinski definition) is 4. The van der Waals surface area contributed by atoms with Gasteiger partial charge in [0.1, 0.15) is 6.04 Å². The van der Waals surface area contributed by atoms with Gasteiger partial charge >= 0.3 is 12.0 Å². The Bertz CT molecular complexity index is 475. The molecule has 0 aromatic carbocycles. The second-order valence-electron chi connectivity index (χ2n) is 4.96. The lowest BCUT2D eigenvalue weighted by atomic mass is 10.2. The molecule has 0 aliphatic carbocycles. The second kappa shape index (κ2) is 5.36. The van der Waals surface area contributed by atoms with Crippen molar-refractivity contribution >= 4 is 21.8 Å². The molecule has 0 saturated carbocycles. The third-order valence-corrected chi connectivity index (χ3v) is 5.32. The average Bonchev–Trinajstić information content (AvgIpc) is 2.74. The quantitative estimate of drug-likeness (QED) is 0.720. The van der Waals surface area contributed by atoms with E-state index in [-0.39, 0.29) is 24.1 Å². The van der Waals surface area contributed by atoms with Crippen molar-refractivity contribution in [2.45, 2.75) is 25.3 Å². The molecule has 0 aromatic heterocycles. The fourth-order valence-corrected chi connectivity index (χ4v) is 3.84. The van der Waals surface area contributed by atoms with Crippen LogP contribution in [0.15, 0.2) is 0 Å². The fourth-order valence-electron chi connectivity index (χ4n) is 2.56. The van der Waals surface area contributed by atoms with E-state index in [1.54, 1.807) is 0 Å². The molecule has 7 nitrogen and oxygen atoms in total. The molecule has 2 rings (SSSR count). The van der Waals surface area contributed by atoms with E-state index in [4.69, 9.17) is 5.11 Å². The van der Waals surface area contributed by atoms with Gasteiger partial charge in [-0.2, -0.15) is 0 Å². The molecule has 0 radical (unpaired) electrons. The summed E-state index contributed by atoms with van der Waals surface area (Å²) in [5.41, 5.74) is 0. The standard InChI is InChI=1S/C11H18N2O5S/c14-10(15)9-3-1-5-13(9)11(16)12-4-2-7-19(17,18)8-6-12/h9H,1-8H2,(H,14,15)/t9-/m0/s1. The minimum atomic E-state index is -3.07. The van der Waals surface area contributed by atoms with E-state index in [1.807, 2.05) is 0 Å². The zero-order chi connectivity index (χ0) is 14.0. The number of hydrogen-bond donors (Lipinski definition) is 1. The highest BCUT2D eigenvalue weighted by molar-refractivity contribution is 7.91. The van der Waals surface area contributed by atoms with Crippen LogP contribution < -0.4 is 0 Å². The van der Waals surface area contributed by atoms with E-state index in [0.717, 1.165) is 0 Å².